The Labute approximate surface area is 173 Å². The molecule has 0 amide bonds. The predicted octanol–water partition coefficient (Wildman–Crippen LogP) is 2.79. The predicted molar refractivity (Wildman–Crippen MR) is 110 cm³/mol. The van der Waals surface area contributed by atoms with Crippen LogP contribution in [0.25, 0.3) is 0 Å². The fourth-order valence-electron chi connectivity index (χ4n) is 4.79. The standard InChI is InChI=1S/C21H30N4O3S/c1-3-17-6-4-5-7-18(17)29(26,27)24-13-10-21(11-14-24)9-8-19-22-23-20(16-28-2)25(19)15-12-21/h4-7H,3,8-16H2,1-2H3. The highest BCUT2D eigenvalue weighted by Crippen LogP contribution is 2.42. The minimum atomic E-state index is -3.44. The van der Waals surface area contributed by atoms with Crippen LogP contribution in [-0.4, -0.2) is 47.7 Å². The molecule has 3 heterocycles. The minimum Gasteiger partial charge on any atom is -0.377 e. The first kappa shape index (κ1) is 20.5. The van der Waals surface area contributed by atoms with Crippen LogP contribution in [0.2, 0.25) is 0 Å². The van der Waals surface area contributed by atoms with Crippen LogP contribution in [0.15, 0.2) is 29.2 Å². The third-order valence-corrected chi connectivity index (χ3v) is 8.68. The molecule has 0 atom stereocenters. The molecule has 2 aliphatic rings. The molecule has 1 aromatic carbocycles. The Balaban J connectivity index is 1.47. The topological polar surface area (TPSA) is 77.3 Å². The summed E-state index contributed by atoms with van der Waals surface area (Å²) in [7, 11) is -1.76. The molecule has 4 rings (SSSR count). The first-order chi connectivity index (χ1) is 14.0. The van der Waals surface area contributed by atoms with E-state index >= 15 is 0 Å². The number of fused-ring (bicyclic) bond motifs is 1. The van der Waals surface area contributed by atoms with Crippen molar-refractivity contribution in [3.63, 3.8) is 0 Å². The van der Waals surface area contributed by atoms with Gasteiger partial charge in [-0.25, -0.2) is 8.42 Å². The number of sulfonamides is 1. The average Bonchev–Trinajstić information content (AvgIpc) is 3.04. The fourth-order valence-corrected chi connectivity index (χ4v) is 6.53. The van der Waals surface area contributed by atoms with Crippen molar-refractivity contribution in [2.75, 3.05) is 20.2 Å². The molecule has 0 unspecified atom stereocenters. The number of rotatable bonds is 5. The van der Waals surface area contributed by atoms with Gasteiger partial charge in [-0.2, -0.15) is 4.31 Å². The molecule has 2 aromatic rings. The van der Waals surface area contributed by atoms with Crippen molar-refractivity contribution in [2.45, 2.75) is 63.5 Å². The molecule has 158 valence electrons. The number of nitrogens with zero attached hydrogens (tertiary/aromatic N) is 4. The summed E-state index contributed by atoms with van der Waals surface area (Å²) in [5.74, 6) is 1.91. The SMILES string of the molecule is CCc1ccccc1S(=O)(=O)N1CCC2(CCc3nnc(COC)n3CC2)CC1. The lowest BCUT2D eigenvalue weighted by Crippen LogP contribution is -2.43. The molecule has 0 N–H and O–H groups in total. The fraction of sp³-hybridized carbons (Fsp3) is 0.619. The van der Waals surface area contributed by atoms with Crippen molar-refractivity contribution in [1.82, 2.24) is 19.1 Å². The largest absolute Gasteiger partial charge is 0.377 e. The average molecular weight is 419 g/mol. The second-order valence-electron chi connectivity index (χ2n) is 8.23. The van der Waals surface area contributed by atoms with E-state index in [4.69, 9.17) is 4.74 Å². The Morgan fingerprint density at radius 1 is 1.07 bits per heavy atom. The van der Waals surface area contributed by atoms with Gasteiger partial charge in [0.15, 0.2) is 5.82 Å². The van der Waals surface area contributed by atoms with E-state index in [1.807, 2.05) is 25.1 Å². The number of aromatic nitrogens is 3. The van der Waals surface area contributed by atoms with E-state index in [1.165, 1.54) is 0 Å². The third-order valence-electron chi connectivity index (χ3n) is 6.68. The zero-order valence-corrected chi connectivity index (χ0v) is 18.1. The van der Waals surface area contributed by atoms with E-state index < -0.39 is 10.0 Å². The second-order valence-corrected chi connectivity index (χ2v) is 10.1. The quantitative estimate of drug-likeness (QED) is 0.746. The van der Waals surface area contributed by atoms with Gasteiger partial charge in [0, 0.05) is 33.2 Å². The molecule has 7 nitrogen and oxygen atoms in total. The Morgan fingerprint density at radius 3 is 2.52 bits per heavy atom. The van der Waals surface area contributed by atoms with Crippen LogP contribution < -0.4 is 0 Å². The Kier molecular flexibility index (Phi) is 5.77. The lowest BCUT2D eigenvalue weighted by Gasteiger charge is -2.41. The van der Waals surface area contributed by atoms with E-state index in [0.29, 0.717) is 24.6 Å². The summed E-state index contributed by atoms with van der Waals surface area (Å²) in [5.41, 5.74) is 1.08. The summed E-state index contributed by atoms with van der Waals surface area (Å²) in [5, 5.41) is 8.61. The van der Waals surface area contributed by atoms with Crippen molar-refractivity contribution in [1.29, 1.82) is 0 Å². The smallest absolute Gasteiger partial charge is 0.243 e. The molecular formula is C21H30N4O3S. The van der Waals surface area contributed by atoms with Gasteiger partial charge >= 0.3 is 0 Å². The Bertz CT molecular complexity index is 962. The normalized spacial score (nSPS) is 19.8. The molecule has 1 aromatic heterocycles. The van der Waals surface area contributed by atoms with Crippen LogP contribution in [0.4, 0.5) is 0 Å². The summed E-state index contributed by atoms with van der Waals surface area (Å²) in [4.78, 5) is 0.467. The van der Waals surface area contributed by atoms with Crippen LogP contribution in [0.5, 0.6) is 0 Å². The van der Waals surface area contributed by atoms with Gasteiger partial charge < -0.3 is 9.30 Å². The van der Waals surface area contributed by atoms with Gasteiger partial charge in [0.1, 0.15) is 12.4 Å². The number of methoxy groups -OCH3 is 1. The zero-order chi connectivity index (χ0) is 20.5. The Morgan fingerprint density at radius 2 is 1.79 bits per heavy atom. The number of piperidine rings is 1. The van der Waals surface area contributed by atoms with Gasteiger partial charge in [-0.3, -0.25) is 0 Å². The van der Waals surface area contributed by atoms with Gasteiger partial charge in [0.05, 0.1) is 4.90 Å². The Hall–Kier alpha value is -1.77. The van der Waals surface area contributed by atoms with Crippen LogP contribution in [0.3, 0.4) is 0 Å². The molecule has 1 fully saturated rings. The minimum absolute atomic E-state index is 0.182. The maximum atomic E-state index is 13.2. The van der Waals surface area contributed by atoms with Crippen molar-refractivity contribution < 1.29 is 13.2 Å². The molecule has 0 radical (unpaired) electrons. The van der Waals surface area contributed by atoms with Gasteiger partial charge in [-0.1, -0.05) is 25.1 Å². The molecule has 1 saturated heterocycles. The highest BCUT2D eigenvalue weighted by atomic mass is 32.2. The van der Waals surface area contributed by atoms with Gasteiger partial charge in [0.25, 0.3) is 0 Å². The molecular weight excluding hydrogens is 388 g/mol. The van der Waals surface area contributed by atoms with Crippen molar-refractivity contribution in [3.05, 3.63) is 41.5 Å². The molecule has 0 bridgehead atoms. The van der Waals surface area contributed by atoms with E-state index in [-0.39, 0.29) is 5.41 Å². The van der Waals surface area contributed by atoms with Crippen LogP contribution >= 0.6 is 0 Å². The lowest BCUT2D eigenvalue weighted by atomic mass is 9.73. The number of aryl methyl sites for hydroxylation is 2. The van der Waals surface area contributed by atoms with Crippen LogP contribution in [0, 0.1) is 5.41 Å². The van der Waals surface area contributed by atoms with Crippen molar-refractivity contribution in [2.24, 2.45) is 5.41 Å². The van der Waals surface area contributed by atoms with Gasteiger partial charge in [-0.05, 0) is 49.1 Å². The van der Waals surface area contributed by atoms with E-state index in [1.54, 1.807) is 17.5 Å². The maximum absolute atomic E-state index is 13.2. The maximum Gasteiger partial charge on any atom is 0.243 e. The summed E-state index contributed by atoms with van der Waals surface area (Å²) in [6, 6.07) is 7.38. The molecule has 0 saturated carbocycles. The number of benzene rings is 1. The number of hydrogen-bond acceptors (Lipinski definition) is 5. The van der Waals surface area contributed by atoms with Crippen LogP contribution in [0.1, 0.15) is 49.8 Å². The first-order valence-electron chi connectivity index (χ1n) is 10.5. The van der Waals surface area contributed by atoms with E-state index in [0.717, 1.165) is 62.3 Å². The summed E-state index contributed by atoms with van der Waals surface area (Å²) in [6.45, 7) is 4.54. The zero-order valence-electron chi connectivity index (χ0n) is 17.3. The summed E-state index contributed by atoms with van der Waals surface area (Å²) >= 11 is 0. The third kappa shape index (κ3) is 3.85. The highest BCUT2D eigenvalue weighted by Gasteiger charge is 2.40. The summed E-state index contributed by atoms with van der Waals surface area (Å²) < 4.78 is 35.6. The molecule has 8 heteroatoms. The van der Waals surface area contributed by atoms with E-state index in [9.17, 15) is 8.42 Å². The molecule has 29 heavy (non-hydrogen) atoms. The molecule has 1 spiro atoms. The van der Waals surface area contributed by atoms with Crippen molar-refractivity contribution >= 4 is 10.0 Å². The van der Waals surface area contributed by atoms with Crippen molar-refractivity contribution in [3.8, 4) is 0 Å². The summed E-state index contributed by atoms with van der Waals surface area (Å²) in [6.07, 6.45) is 5.49. The molecule has 0 aliphatic carbocycles. The van der Waals surface area contributed by atoms with Gasteiger partial charge in [-0.15, -0.1) is 10.2 Å². The number of ether oxygens (including phenoxy) is 1. The van der Waals surface area contributed by atoms with E-state index in [2.05, 4.69) is 14.8 Å². The lowest BCUT2D eigenvalue weighted by molar-refractivity contribution is 0.127. The molecule has 2 aliphatic heterocycles. The van der Waals surface area contributed by atoms with Crippen LogP contribution in [-0.2, 0) is 40.8 Å². The first-order valence-corrected chi connectivity index (χ1v) is 11.9. The second kappa shape index (κ2) is 8.16. The highest BCUT2D eigenvalue weighted by molar-refractivity contribution is 7.89. The number of hydrogen-bond donors (Lipinski definition) is 0. The van der Waals surface area contributed by atoms with Gasteiger partial charge in [0.2, 0.25) is 10.0 Å². The monoisotopic (exact) mass is 418 g/mol.